The molecule has 2 fully saturated rings. The van der Waals surface area contributed by atoms with E-state index in [1.165, 1.54) is 4.90 Å². The van der Waals surface area contributed by atoms with Gasteiger partial charge in [-0.05, 0) is 37.1 Å². The smallest absolute Gasteiger partial charge is 0.254 e. The number of amides is 2. The predicted octanol–water partition coefficient (Wildman–Crippen LogP) is 2.87. The fourth-order valence-corrected chi connectivity index (χ4v) is 4.30. The zero-order valence-electron chi connectivity index (χ0n) is 15.7. The number of hydrogen-bond donors (Lipinski definition) is 1. The first-order chi connectivity index (χ1) is 14.0. The van der Waals surface area contributed by atoms with Gasteiger partial charge in [0, 0.05) is 49.5 Å². The van der Waals surface area contributed by atoms with Crippen molar-refractivity contribution < 1.29 is 23.1 Å². The lowest BCUT2D eigenvalue weighted by atomic mass is 9.71. The number of halogens is 2. The molecule has 29 heavy (non-hydrogen) atoms. The summed E-state index contributed by atoms with van der Waals surface area (Å²) in [4.78, 5) is 31.5. The Bertz CT molecular complexity index is 896. The molecular weight excluding hydrogens is 380 g/mol. The number of ether oxygens (including phenoxy) is 1. The summed E-state index contributed by atoms with van der Waals surface area (Å²) in [5.41, 5.74) is 0.0984. The first-order valence-corrected chi connectivity index (χ1v) is 9.51. The Morgan fingerprint density at radius 3 is 2.55 bits per heavy atom. The minimum absolute atomic E-state index is 0.0574. The predicted molar refractivity (Wildman–Crippen MR) is 101 cm³/mol. The van der Waals surface area contributed by atoms with Crippen LogP contribution in [0, 0.1) is 23.0 Å². The number of benzene rings is 1. The molecule has 1 spiro atoms. The van der Waals surface area contributed by atoms with Gasteiger partial charge in [-0.25, -0.2) is 8.78 Å². The second-order valence-electron chi connectivity index (χ2n) is 7.60. The third kappa shape index (κ3) is 3.98. The molecule has 2 aromatic rings. The SMILES string of the molecule is O=C(Nc1cccnc1)[C@H]1CN(C(=O)c2cc(F)cc(F)c2)CC12CCOCC2. The van der Waals surface area contributed by atoms with Crippen LogP contribution in [0.15, 0.2) is 42.7 Å². The number of carbonyl (C=O) groups excluding carboxylic acids is 2. The van der Waals surface area contributed by atoms with E-state index in [-0.39, 0.29) is 18.0 Å². The zero-order valence-corrected chi connectivity index (χ0v) is 15.7. The summed E-state index contributed by atoms with van der Waals surface area (Å²) in [6.07, 6.45) is 4.45. The van der Waals surface area contributed by atoms with Crippen LogP contribution in [0.3, 0.4) is 0 Å². The van der Waals surface area contributed by atoms with Gasteiger partial charge in [0.2, 0.25) is 5.91 Å². The highest BCUT2D eigenvalue weighted by Gasteiger charge is 2.51. The zero-order chi connectivity index (χ0) is 20.4. The molecule has 1 atom stereocenters. The molecule has 0 bridgehead atoms. The second-order valence-corrected chi connectivity index (χ2v) is 7.60. The van der Waals surface area contributed by atoms with Crippen LogP contribution in [0.2, 0.25) is 0 Å². The number of anilines is 1. The number of aromatic nitrogens is 1. The summed E-state index contributed by atoms with van der Waals surface area (Å²) in [6, 6.07) is 6.23. The molecule has 2 saturated heterocycles. The van der Waals surface area contributed by atoms with Crippen molar-refractivity contribution >= 4 is 17.5 Å². The maximum absolute atomic E-state index is 13.6. The van der Waals surface area contributed by atoms with Gasteiger partial charge in [0.25, 0.3) is 5.91 Å². The van der Waals surface area contributed by atoms with Gasteiger partial charge in [0.15, 0.2) is 0 Å². The minimum Gasteiger partial charge on any atom is -0.381 e. The molecule has 1 aromatic heterocycles. The maximum Gasteiger partial charge on any atom is 0.254 e. The minimum atomic E-state index is -0.806. The monoisotopic (exact) mass is 401 g/mol. The van der Waals surface area contributed by atoms with Crippen LogP contribution >= 0.6 is 0 Å². The van der Waals surface area contributed by atoms with Crippen molar-refractivity contribution in [3.8, 4) is 0 Å². The second kappa shape index (κ2) is 7.87. The summed E-state index contributed by atoms with van der Waals surface area (Å²) in [5, 5.41) is 2.87. The molecule has 3 heterocycles. The van der Waals surface area contributed by atoms with E-state index in [1.54, 1.807) is 24.5 Å². The van der Waals surface area contributed by atoms with Crippen LogP contribution < -0.4 is 5.32 Å². The summed E-state index contributed by atoms with van der Waals surface area (Å²) in [7, 11) is 0. The van der Waals surface area contributed by atoms with E-state index in [0.29, 0.717) is 38.3 Å². The Morgan fingerprint density at radius 2 is 1.90 bits per heavy atom. The van der Waals surface area contributed by atoms with Crippen LogP contribution in [-0.4, -0.2) is 48.0 Å². The molecule has 0 radical (unpaired) electrons. The van der Waals surface area contributed by atoms with Crippen LogP contribution in [0.1, 0.15) is 23.2 Å². The fourth-order valence-electron chi connectivity index (χ4n) is 4.30. The first kappa shape index (κ1) is 19.4. The lowest BCUT2D eigenvalue weighted by Crippen LogP contribution is -2.42. The Labute approximate surface area is 166 Å². The number of hydrogen-bond acceptors (Lipinski definition) is 4. The highest BCUT2D eigenvalue weighted by atomic mass is 19.1. The average Bonchev–Trinajstić information content (AvgIpc) is 3.06. The molecule has 0 unspecified atom stereocenters. The highest BCUT2D eigenvalue weighted by molar-refractivity contribution is 5.97. The Morgan fingerprint density at radius 1 is 1.17 bits per heavy atom. The van der Waals surface area contributed by atoms with Gasteiger partial charge in [0.1, 0.15) is 11.6 Å². The lowest BCUT2D eigenvalue weighted by Gasteiger charge is -2.37. The highest BCUT2D eigenvalue weighted by Crippen LogP contribution is 2.45. The van der Waals surface area contributed by atoms with Gasteiger partial charge in [-0.2, -0.15) is 0 Å². The standard InChI is InChI=1S/C21H21F2N3O3/c22-15-8-14(9-16(23)10-15)20(28)26-12-18(21(13-26)3-6-29-7-4-21)19(27)25-17-2-1-5-24-11-17/h1-2,5,8-11,18H,3-4,6-7,12-13H2,(H,25,27)/t18-/m1/s1. The van der Waals surface area contributed by atoms with E-state index in [9.17, 15) is 18.4 Å². The van der Waals surface area contributed by atoms with Crippen LogP contribution in [0.4, 0.5) is 14.5 Å². The number of rotatable bonds is 3. The average molecular weight is 401 g/mol. The lowest BCUT2D eigenvalue weighted by molar-refractivity contribution is -0.124. The summed E-state index contributed by atoms with van der Waals surface area (Å²) in [5.74, 6) is -2.74. The third-order valence-corrected chi connectivity index (χ3v) is 5.78. The molecule has 2 aliphatic rings. The van der Waals surface area contributed by atoms with Crippen molar-refractivity contribution in [2.24, 2.45) is 11.3 Å². The van der Waals surface area contributed by atoms with Crippen molar-refractivity contribution in [1.82, 2.24) is 9.88 Å². The molecule has 1 aromatic carbocycles. The quantitative estimate of drug-likeness (QED) is 0.859. The number of pyridine rings is 1. The molecule has 2 amide bonds. The van der Waals surface area contributed by atoms with Crippen LogP contribution in [0.5, 0.6) is 0 Å². The summed E-state index contributed by atoms with van der Waals surface area (Å²) < 4.78 is 32.6. The maximum atomic E-state index is 13.6. The van der Waals surface area contributed by atoms with Crippen molar-refractivity contribution in [3.63, 3.8) is 0 Å². The third-order valence-electron chi connectivity index (χ3n) is 5.78. The molecule has 1 N–H and O–H groups in total. The van der Waals surface area contributed by atoms with Crippen LogP contribution in [0.25, 0.3) is 0 Å². The molecule has 2 aliphatic heterocycles. The van der Waals surface area contributed by atoms with E-state index >= 15 is 0 Å². The van der Waals surface area contributed by atoms with E-state index < -0.39 is 28.9 Å². The summed E-state index contributed by atoms with van der Waals surface area (Å²) >= 11 is 0. The van der Waals surface area contributed by atoms with Crippen molar-refractivity contribution in [1.29, 1.82) is 0 Å². The molecule has 6 nitrogen and oxygen atoms in total. The van der Waals surface area contributed by atoms with Gasteiger partial charge in [-0.3, -0.25) is 14.6 Å². The van der Waals surface area contributed by atoms with E-state index in [0.717, 1.165) is 18.2 Å². The Kier molecular flexibility index (Phi) is 5.27. The Hall–Kier alpha value is -2.87. The van der Waals surface area contributed by atoms with Crippen molar-refractivity contribution in [2.45, 2.75) is 12.8 Å². The number of carbonyl (C=O) groups is 2. The van der Waals surface area contributed by atoms with Crippen molar-refractivity contribution in [2.75, 3.05) is 31.6 Å². The van der Waals surface area contributed by atoms with E-state index in [1.807, 2.05) is 0 Å². The number of likely N-dealkylation sites (tertiary alicyclic amines) is 1. The Balaban J connectivity index is 1.58. The topological polar surface area (TPSA) is 71.5 Å². The van der Waals surface area contributed by atoms with Gasteiger partial charge in [-0.15, -0.1) is 0 Å². The van der Waals surface area contributed by atoms with Gasteiger partial charge in [0.05, 0.1) is 17.8 Å². The van der Waals surface area contributed by atoms with Crippen molar-refractivity contribution in [3.05, 3.63) is 59.9 Å². The van der Waals surface area contributed by atoms with Gasteiger partial charge in [-0.1, -0.05) is 0 Å². The number of nitrogens with zero attached hydrogens (tertiary/aromatic N) is 2. The largest absolute Gasteiger partial charge is 0.381 e. The number of nitrogens with one attached hydrogen (secondary N) is 1. The van der Waals surface area contributed by atoms with Gasteiger partial charge < -0.3 is 15.0 Å². The van der Waals surface area contributed by atoms with Crippen LogP contribution in [-0.2, 0) is 9.53 Å². The molecule has 0 aliphatic carbocycles. The molecule has 0 saturated carbocycles. The summed E-state index contributed by atoms with van der Waals surface area (Å²) in [6.45, 7) is 1.54. The van der Waals surface area contributed by atoms with E-state index in [4.69, 9.17) is 4.74 Å². The normalized spacial score (nSPS) is 20.6. The molecule has 4 rings (SSSR count). The molecule has 8 heteroatoms. The van der Waals surface area contributed by atoms with E-state index in [2.05, 4.69) is 10.3 Å². The molecular formula is C21H21F2N3O3. The molecule has 152 valence electrons. The fraction of sp³-hybridized carbons (Fsp3) is 0.381. The van der Waals surface area contributed by atoms with Gasteiger partial charge >= 0.3 is 0 Å². The first-order valence-electron chi connectivity index (χ1n) is 9.51.